The number of hydrogen-bond donors (Lipinski definition) is 0. The van der Waals surface area contributed by atoms with E-state index in [2.05, 4.69) is 10.1 Å². The molecule has 1 saturated heterocycles. The second-order valence-electron chi connectivity index (χ2n) is 6.04. The SMILES string of the molecule is COCCOCc1nc(C2CCCN2S(=O)(=O)c2cccc(OC)c2)no1. The number of nitrogens with zero attached hydrogens (tertiary/aromatic N) is 3. The predicted octanol–water partition coefficient (Wildman–Crippen LogP) is 1.77. The number of methoxy groups -OCH3 is 2. The Kier molecular flexibility index (Phi) is 6.42. The van der Waals surface area contributed by atoms with Crippen molar-refractivity contribution in [2.24, 2.45) is 0 Å². The van der Waals surface area contributed by atoms with Gasteiger partial charge < -0.3 is 18.7 Å². The van der Waals surface area contributed by atoms with Gasteiger partial charge in [-0.05, 0) is 25.0 Å². The van der Waals surface area contributed by atoms with E-state index in [1.54, 1.807) is 25.3 Å². The molecule has 1 aliphatic heterocycles. The Labute approximate surface area is 158 Å². The summed E-state index contributed by atoms with van der Waals surface area (Å²) in [7, 11) is -0.611. The van der Waals surface area contributed by atoms with Crippen LogP contribution in [0.25, 0.3) is 0 Å². The molecule has 0 amide bonds. The smallest absolute Gasteiger partial charge is 0.252 e. The van der Waals surface area contributed by atoms with E-state index in [1.165, 1.54) is 17.5 Å². The molecule has 1 fully saturated rings. The van der Waals surface area contributed by atoms with Gasteiger partial charge in [0.15, 0.2) is 5.82 Å². The van der Waals surface area contributed by atoms with Gasteiger partial charge in [-0.15, -0.1) is 0 Å². The molecule has 0 spiro atoms. The Morgan fingerprint density at radius 1 is 1.30 bits per heavy atom. The van der Waals surface area contributed by atoms with Crippen molar-refractivity contribution >= 4 is 10.0 Å². The largest absolute Gasteiger partial charge is 0.497 e. The molecule has 27 heavy (non-hydrogen) atoms. The molecule has 1 aliphatic rings. The Hall–Kier alpha value is -2.01. The van der Waals surface area contributed by atoms with Crippen LogP contribution in [0.4, 0.5) is 0 Å². The second-order valence-corrected chi connectivity index (χ2v) is 7.94. The number of ether oxygens (including phenoxy) is 3. The topological polar surface area (TPSA) is 104 Å². The first-order chi connectivity index (χ1) is 13.1. The van der Waals surface area contributed by atoms with E-state index in [4.69, 9.17) is 18.7 Å². The summed E-state index contributed by atoms with van der Waals surface area (Å²) in [6, 6.07) is 5.96. The summed E-state index contributed by atoms with van der Waals surface area (Å²) >= 11 is 0. The molecule has 1 atom stereocenters. The molecule has 0 bridgehead atoms. The van der Waals surface area contributed by atoms with Crippen LogP contribution in [0, 0.1) is 0 Å². The van der Waals surface area contributed by atoms with Crippen LogP contribution >= 0.6 is 0 Å². The molecule has 0 N–H and O–H groups in total. The zero-order valence-electron chi connectivity index (χ0n) is 15.3. The molecule has 2 aromatic rings. The molecule has 1 unspecified atom stereocenters. The predicted molar refractivity (Wildman–Crippen MR) is 94.7 cm³/mol. The lowest BCUT2D eigenvalue weighted by atomic mass is 10.2. The van der Waals surface area contributed by atoms with Crippen molar-refractivity contribution in [2.75, 3.05) is 34.0 Å². The van der Waals surface area contributed by atoms with Gasteiger partial charge in [-0.1, -0.05) is 11.2 Å². The third kappa shape index (κ3) is 4.46. The number of rotatable bonds is 9. The van der Waals surface area contributed by atoms with Crippen molar-refractivity contribution in [1.29, 1.82) is 0 Å². The van der Waals surface area contributed by atoms with Gasteiger partial charge in [0, 0.05) is 19.7 Å². The van der Waals surface area contributed by atoms with Gasteiger partial charge in [0.1, 0.15) is 12.4 Å². The Morgan fingerprint density at radius 2 is 2.15 bits per heavy atom. The van der Waals surface area contributed by atoms with Gasteiger partial charge in [0.2, 0.25) is 10.0 Å². The number of hydrogen-bond acceptors (Lipinski definition) is 8. The molecular weight excluding hydrogens is 374 g/mol. The summed E-state index contributed by atoms with van der Waals surface area (Å²) in [5.41, 5.74) is 0. The lowest BCUT2D eigenvalue weighted by molar-refractivity contribution is 0.0494. The van der Waals surface area contributed by atoms with Crippen LogP contribution < -0.4 is 4.74 Å². The average molecular weight is 397 g/mol. The lowest BCUT2D eigenvalue weighted by Gasteiger charge is -2.21. The summed E-state index contributed by atoms with van der Waals surface area (Å²) in [5, 5.41) is 3.96. The zero-order valence-corrected chi connectivity index (χ0v) is 16.1. The van der Waals surface area contributed by atoms with Gasteiger partial charge in [0.05, 0.1) is 31.3 Å². The van der Waals surface area contributed by atoms with Crippen LogP contribution in [0.3, 0.4) is 0 Å². The highest BCUT2D eigenvalue weighted by atomic mass is 32.2. The van der Waals surface area contributed by atoms with Crippen molar-refractivity contribution in [2.45, 2.75) is 30.4 Å². The maximum atomic E-state index is 13.1. The molecule has 1 aromatic carbocycles. The van der Waals surface area contributed by atoms with Crippen molar-refractivity contribution in [1.82, 2.24) is 14.4 Å². The summed E-state index contributed by atoms with van der Waals surface area (Å²) < 4.78 is 48.2. The minimum atomic E-state index is -3.70. The van der Waals surface area contributed by atoms with Crippen LogP contribution in [-0.2, 0) is 26.1 Å². The second kappa shape index (κ2) is 8.79. The highest BCUT2D eigenvalue weighted by molar-refractivity contribution is 7.89. The van der Waals surface area contributed by atoms with Crippen molar-refractivity contribution in [3.8, 4) is 5.75 Å². The standard InChI is InChI=1S/C17H23N3O6S/c1-23-9-10-25-12-16-18-17(19-26-16)15-7-4-8-20(15)27(21,22)14-6-3-5-13(11-14)24-2/h3,5-6,11,15H,4,7-10,12H2,1-2H3. The zero-order chi connectivity index (χ0) is 19.3. The Bertz CT molecular complexity index is 854. The normalized spacial score (nSPS) is 18.1. The Balaban J connectivity index is 1.76. The number of sulfonamides is 1. The van der Waals surface area contributed by atoms with E-state index < -0.39 is 16.1 Å². The van der Waals surface area contributed by atoms with Gasteiger partial charge in [-0.25, -0.2) is 8.42 Å². The van der Waals surface area contributed by atoms with Gasteiger partial charge in [-0.2, -0.15) is 9.29 Å². The summed E-state index contributed by atoms with van der Waals surface area (Å²) in [6.45, 7) is 1.44. The third-order valence-electron chi connectivity index (χ3n) is 4.29. The minimum absolute atomic E-state index is 0.158. The fourth-order valence-electron chi connectivity index (χ4n) is 2.95. The summed E-state index contributed by atoms with van der Waals surface area (Å²) in [5.74, 6) is 1.15. The van der Waals surface area contributed by atoms with Gasteiger partial charge in [0.25, 0.3) is 5.89 Å². The van der Waals surface area contributed by atoms with Crippen LogP contribution in [0.1, 0.15) is 30.6 Å². The van der Waals surface area contributed by atoms with Crippen molar-refractivity contribution in [3.05, 3.63) is 36.0 Å². The van der Waals surface area contributed by atoms with Crippen LogP contribution in [0.2, 0.25) is 0 Å². The first-order valence-corrected chi connectivity index (χ1v) is 10.1. The van der Waals surface area contributed by atoms with Crippen LogP contribution in [-0.4, -0.2) is 56.8 Å². The highest BCUT2D eigenvalue weighted by Crippen LogP contribution is 2.35. The molecular formula is C17H23N3O6S. The van der Waals surface area contributed by atoms with Crippen molar-refractivity contribution in [3.63, 3.8) is 0 Å². The maximum Gasteiger partial charge on any atom is 0.252 e. The number of benzene rings is 1. The molecule has 10 heteroatoms. The molecule has 3 rings (SSSR count). The van der Waals surface area contributed by atoms with E-state index in [1.807, 2.05) is 0 Å². The fraction of sp³-hybridized carbons (Fsp3) is 0.529. The lowest BCUT2D eigenvalue weighted by Crippen LogP contribution is -2.31. The molecule has 1 aromatic heterocycles. The third-order valence-corrected chi connectivity index (χ3v) is 6.19. The molecule has 9 nitrogen and oxygen atoms in total. The van der Waals surface area contributed by atoms with E-state index >= 15 is 0 Å². The molecule has 0 saturated carbocycles. The monoisotopic (exact) mass is 397 g/mol. The molecule has 148 valence electrons. The number of aromatic nitrogens is 2. The van der Waals surface area contributed by atoms with E-state index in [-0.39, 0.29) is 11.5 Å². The van der Waals surface area contributed by atoms with E-state index in [0.717, 1.165) is 6.42 Å². The average Bonchev–Trinajstić information content (AvgIpc) is 3.34. The quantitative estimate of drug-likeness (QED) is 0.590. The summed E-state index contributed by atoms with van der Waals surface area (Å²) in [4.78, 5) is 4.49. The molecule has 2 heterocycles. The fourth-order valence-corrected chi connectivity index (χ4v) is 4.64. The first-order valence-electron chi connectivity index (χ1n) is 8.61. The van der Waals surface area contributed by atoms with E-state index in [0.29, 0.717) is 43.6 Å². The first kappa shape index (κ1) is 19.7. The van der Waals surface area contributed by atoms with Gasteiger partial charge in [-0.3, -0.25) is 0 Å². The molecule has 0 aliphatic carbocycles. The maximum absolute atomic E-state index is 13.1. The van der Waals surface area contributed by atoms with Crippen LogP contribution in [0.15, 0.2) is 33.7 Å². The van der Waals surface area contributed by atoms with Gasteiger partial charge >= 0.3 is 0 Å². The van der Waals surface area contributed by atoms with Crippen LogP contribution in [0.5, 0.6) is 5.75 Å². The van der Waals surface area contributed by atoms with E-state index in [9.17, 15) is 8.42 Å². The highest BCUT2D eigenvalue weighted by Gasteiger charge is 2.39. The minimum Gasteiger partial charge on any atom is -0.497 e. The molecule has 0 radical (unpaired) electrons. The Morgan fingerprint density at radius 3 is 2.93 bits per heavy atom. The van der Waals surface area contributed by atoms with Crippen molar-refractivity contribution < 1.29 is 27.2 Å². The summed E-state index contributed by atoms with van der Waals surface area (Å²) in [6.07, 6.45) is 1.36.